The van der Waals surface area contributed by atoms with Gasteiger partial charge in [0.15, 0.2) is 16.3 Å². The van der Waals surface area contributed by atoms with E-state index in [0.29, 0.717) is 43.6 Å². The third-order valence-electron chi connectivity index (χ3n) is 6.14. The van der Waals surface area contributed by atoms with Gasteiger partial charge in [0, 0.05) is 0 Å². The Hall–Kier alpha value is -3.65. The van der Waals surface area contributed by atoms with Gasteiger partial charge in [0.2, 0.25) is 0 Å². The van der Waals surface area contributed by atoms with E-state index < -0.39 is 12.0 Å². The molecular formula is C28H30N2O5S. The fourth-order valence-corrected chi connectivity index (χ4v) is 5.30. The van der Waals surface area contributed by atoms with Crippen molar-refractivity contribution in [2.75, 3.05) is 20.8 Å². The Balaban J connectivity index is 1.92. The molecule has 0 N–H and O–H groups in total. The Kier molecular flexibility index (Phi) is 7.45. The highest BCUT2D eigenvalue weighted by molar-refractivity contribution is 7.07. The van der Waals surface area contributed by atoms with Gasteiger partial charge in [-0.3, -0.25) is 9.36 Å². The Bertz CT molecular complexity index is 1500. The molecule has 0 aliphatic carbocycles. The number of aromatic nitrogens is 1. The molecule has 0 unspecified atom stereocenters. The molecule has 1 atom stereocenters. The number of esters is 1. The minimum absolute atomic E-state index is 0.213. The van der Waals surface area contributed by atoms with Crippen molar-refractivity contribution < 1.29 is 19.0 Å². The Morgan fingerprint density at radius 3 is 2.42 bits per heavy atom. The molecule has 0 saturated carbocycles. The molecule has 1 aliphatic rings. The molecule has 0 fully saturated rings. The van der Waals surface area contributed by atoms with Crippen LogP contribution in [0.2, 0.25) is 0 Å². The zero-order valence-corrected chi connectivity index (χ0v) is 22.1. The largest absolute Gasteiger partial charge is 0.493 e. The predicted molar refractivity (Wildman–Crippen MR) is 140 cm³/mol. The number of carbonyl (C=O) groups is 1. The van der Waals surface area contributed by atoms with Crippen molar-refractivity contribution in [3.8, 4) is 11.5 Å². The van der Waals surface area contributed by atoms with E-state index in [-0.39, 0.29) is 12.2 Å². The maximum Gasteiger partial charge on any atom is 0.338 e. The second kappa shape index (κ2) is 10.5. The van der Waals surface area contributed by atoms with E-state index >= 15 is 0 Å². The maximum absolute atomic E-state index is 13.7. The average molecular weight is 507 g/mol. The van der Waals surface area contributed by atoms with Crippen LogP contribution >= 0.6 is 11.3 Å². The van der Waals surface area contributed by atoms with Crippen LogP contribution in [-0.2, 0) is 9.53 Å². The van der Waals surface area contributed by atoms with Crippen molar-refractivity contribution in [1.29, 1.82) is 0 Å². The van der Waals surface area contributed by atoms with Gasteiger partial charge in [-0.05, 0) is 54.7 Å². The zero-order chi connectivity index (χ0) is 26.0. The van der Waals surface area contributed by atoms with Gasteiger partial charge in [-0.2, -0.15) is 0 Å². The maximum atomic E-state index is 13.7. The van der Waals surface area contributed by atoms with Crippen molar-refractivity contribution in [2.45, 2.75) is 39.7 Å². The van der Waals surface area contributed by atoms with Crippen LogP contribution in [0.1, 0.15) is 56.3 Å². The monoisotopic (exact) mass is 506 g/mol. The molecule has 0 radical (unpaired) electrons. The fourth-order valence-electron chi connectivity index (χ4n) is 4.26. The molecule has 0 spiro atoms. The normalized spacial score (nSPS) is 15.5. The number of hydrogen-bond acceptors (Lipinski definition) is 7. The lowest BCUT2D eigenvalue weighted by atomic mass is 9.95. The lowest BCUT2D eigenvalue weighted by Gasteiger charge is -2.25. The first-order valence-corrected chi connectivity index (χ1v) is 12.6. The third kappa shape index (κ3) is 4.73. The molecule has 0 saturated heterocycles. The lowest BCUT2D eigenvalue weighted by molar-refractivity contribution is -0.139. The number of ether oxygens (including phenoxy) is 3. The zero-order valence-electron chi connectivity index (χ0n) is 21.3. The molecule has 0 bridgehead atoms. The van der Waals surface area contributed by atoms with Gasteiger partial charge in [-0.1, -0.05) is 55.5 Å². The predicted octanol–water partition coefficient (Wildman–Crippen LogP) is 3.94. The number of methoxy groups -OCH3 is 2. The first-order valence-electron chi connectivity index (χ1n) is 11.8. The van der Waals surface area contributed by atoms with Gasteiger partial charge in [-0.25, -0.2) is 9.79 Å². The second-order valence-electron chi connectivity index (χ2n) is 8.74. The smallest absolute Gasteiger partial charge is 0.338 e. The van der Waals surface area contributed by atoms with E-state index in [2.05, 4.69) is 31.0 Å². The molecule has 188 valence electrons. The number of carbonyl (C=O) groups excluding carboxylic acids is 1. The average Bonchev–Trinajstić information content (AvgIpc) is 3.17. The van der Waals surface area contributed by atoms with Crippen LogP contribution in [0, 0.1) is 0 Å². The van der Waals surface area contributed by atoms with Crippen molar-refractivity contribution in [3.05, 3.63) is 90.1 Å². The molecule has 1 aromatic heterocycles. The SMILES string of the molecule is CCOC(=O)C1=C(C)N=c2s/c(=C/c3ccc(C(C)C)cc3)c(=O)n2[C@H]1c1ccc(OC)c(OC)c1. The summed E-state index contributed by atoms with van der Waals surface area (Å²) in [5, 5.41) is 0. The van der Waals surface area contributed by atoms with Gasteiger partial charge in [0.1, 0.15) is 0 Å². The molecule has 1 aliphatic heterocycles. The highest BCUT2D eigenvalue weighted by Crippen LogP contribution is 2.36. The van der Waals surface area contributed by atoms with Gasteiger partial charge in [0.05, 0.1) is 42.7 Å². The Labute approximate surface area is 214 Å². The van der Waals surface area contributed by atoms with Crippen LogP contribution < -0.4 is 24.4 Å². The van der Waals surface area contributed by atoms with E-state index in [4.69, 9.17) is 14.2 Å². The summed E-state index contributed by atoms with van der Waals surface area (Å²) in [6.45, 7) is 8.02. The van der Waals surface area contributed by atoms with E-state index in [1.165, 1.54) is 16.9 Å². The molecule has 7 nitrogen and oxygen atoms in total. The van der Waals surface area contributed by atoms with Crippen LogP contribution in [0.5, 0.6) is 11.5 Å². The van der Waals surface area contributed by atoms with E-state index in [0.717, 1.165) is 5.56 Å². The first kappa shape index (κ1) is 25.4. The van der Waals surface area contributed by atoms with Crippen molar-refractivity contribution in [2.24, 2.45) is 4.99 Å². The lowest BCUT2D eigenvalue weighted by Crippen LogP contribution is -2.39. The summed E-state index contributed by atoms with van der Waals surface area (Å²) >= 11 is 1.30. The minimum Gasteiger partial charge on any atom is -0.493 e. The minimum atomic E-state index is -0.717. The molecule has 3 aromatic rings. The summed E-state index contributed by atoms with van der Waals surface area (Å²) < 4.78 is 18.3. The number of thiazole rings is 1. The highest BCUT2D eigenvalue weighted by Gasteiger charge is 2.33. The second-order valence-corrected chi connectivity index (χ2v) is 9.75. The van der Waals surface area contributed by atoms with Gasteiger partial charge >= 0.3 is 5.97 Å². The summed E-state index contributed by atoms with van der Waals surface area (Å²) in [5.74, 6) is 0.976. The van der Waals surface area contributed by atoms with Crippen molar-refractivity contribution in [3.63, 3.8) is 0 Å². The fraction of sp³-hybridized carbons (Fsp3) is 0.321. The van der Waals surface area contributed by atoms with E-state index in [1.54, 1.807) is 44.8 Å². The summed E-state index contributed by atoms with van der Waals surface area (Å²) in [7, 11) is 3.10. The third-order valence-corrected chi connectivity index (χ3v) is 7.12. The number of nitrogens with zero attached hydrogens (tertiary/aromatic N) is 2. The number of hydrogen-bond donors (Lipinski definition) is 0. The summed E-state index contributed by atoms with van der Waals surface area (Å²) in [6.07, 6.45) is 1.86. The van der Waals surface area contributed by atoms with E-state index in [9.17, 15) is 9.59 Å². The number of benzene rings is 2. The Morgan fingerprint density at radius 1 is 1.11 bits per heavy atom. The van der Waals surface area contributed by atoms with Gasteiger partial charge in [-0.15, -0.1) is 0 Å². The highest BCUT2D eigenvalue weighted by atomic mass is 32.1. The summed E-state index contributed by atoms with van der Waals surface area (Å²) in [4.78, 5) is 31.9. The van der Waals surface area contributed by atoms with Gasteiger partial charge < -0.3 is 14.2 Å². The molecule has 36 heavy (non-hydrogen) atoms. The first-order chi connectivity index (χ1) is 17.3. The molecule has 8 heteroatoms. The molecular weight excluding hydrogens is 476 g/mol. The number of fused-ring (bicyclic) bond motifs is 1. The molecule has 2 heterocycles. The van der Waals surface area contributed by atoms with Crippen molar-refractivity contribution in [1.82, 2.24) is 4.57 Å². The standard InChI is InChI=1S/C28H30N2O5S/c1-7-35-27(32)24-17(4)29-28-30(25(24)20-12-13-21(33-5)22(15-20)34-6)26(31)23(36-28)14-18-8-10-19(11-9-18)16(2)3/h8-16,25H,7H2,1-6H3/b23-14+/t25-/m0/s1. The Morgan fingerprint density at radius 2 is 1.81 bits per heavy atom. The summed E-state index contributed by atoms with van der Waals surface area (Å²) in [5.41, 5.74) is 3.47. The number of rotatable bonds is 7. The summed E-state index contributed by atoms with van der Waals surface area (Å²) in [6, 6.07) is 12.8. The van der Waals surface area contributed by atoms with Crippen LogP contribution in [0.3, 0.4) is 0 Å². The molecule has 4 rings (SSSR count). The van der Waals surface area contributed by atoms with Crippen molar-refractivity contribution >= 4 is 23.4 Å². The van der Waals surface area contributed by atoms with Crippen LogP contribution in [-0.4, -0.2) is 31.4 Å². The quantitative estimate of drug-likeness (QED) is 0.454. The topological polar surface area (TPSA) is 79.1 Å². The van der Waals surface area contributed by atoms with Gasteiger partial charge in [0.25, 0.3) is 5.56 Å². The van der Waals surface area contributed by atoms with Crippen LogP contribution in [0.4, 0.5) is 0 Å². The van der Waals surface area contributed by atoms with Crippen LogP contribution in [0.15, 0.2) is 63.5 Å². The number of allylic oxidation sites excluding steroid dienone is 1. The van der Waals surface area contributed by atoms with Crippen LogP contribution in [0.25, 0.3) is 6.08 Å². The van der Waals surface area contributed by atoms with E-state index in [1.807, 2.05) is 24.3 Å². The molecule has 2 aromatic carbocycles. The molecule has 0 amide bonds.